The van der Waals surface area contributed by atoms with Gasteiger partial charge in [-0.3, -0.25) is 9.88 Å². The fraction of sp³-hybridized carbons (Fsp3) is 0.421. The smallest absolute Gasteiger partial charge is 0.418 e. The molecule has 2 aromatic rings. The Balaban J connectivity index is 2.42. The van der Waals surface area contributed by atoms with Crippen molar-refractivity contribution in [1.82, 2.24) is 4.57 Å². The van der Waals surface area contributed by atoms with E-state index >= 15 is 0 Å². The Hall–Kier alpha value is -3.01. The molecule has 0 spiro atoms. The van der Waals surface area contributed by atoms with Crippen molar-refractivity contribution in [3.05, 3.63) is 30.0 Å². The summed E-state index contributed by atoms with van der Waals surface area (Å²) in [6.45, 7) is 10.6. The van der Waals surface area contributed by atoms with Crippen LogP contribution in [-0.4, -0.2) is 28.0 Å². The van der Waals surface area contributed by atoms with Crippen LogP contribution in [0.5, 0.6) is 0 Å². The maximum absolute atomic E-state index is 12.4. The Morgan fingerprint density at radius 3 is 2.23 bits per heavy atom. The second kappa shape index (κ2) is 6.71. The summed E-state index contributed by atoms with van der Waals surface area (Å²) in [6, 6.07) is 6.87. The number of nitrogens with zero attached hydrogens (tertiary/aromatic N) is 2. The quantitative estimate of drug-likeness (QED) is 0.802. The number of benzene rings is 1. The molecule has 0 aliphatic carbocycles. The Bertz CT molecular complexity index is 892. The average molecular weight is 357 g/mol. The van der Waals surface area contributed by atoms with Gasteiger partial charge in [0.15, 0.2) is 0 Å². The minimum atomic E-state index is -0.655. The van der Waals surface area contributed by atoms with Gasteiger partial charge in [0, 0.05) is 17.3 Å². The van der Waals surface area contributed by atoms with E-state index in [2.05, 4.69) is 11.4 Å². The number of hydrogen-bond acceptors (Lipinski definition) is 5. The van der Waals surface area contributed by atoms with Crippen LogP contribution in [0.3, 0.4) is 0 Å². The number of aromatic nitrogens is 1. The first-order chi connectivity index (χ1) is 11.9. The van der Waals surface area contributed by atoms with Crippen molar-refractivity contribution in [2.45, 2.75) is 52.7 Å². The molecule has 0 aliphatic rings. The van der Waals surface area contributed by atoms with Gasteiger partial charge >= 0.3 is 12.2 Å². The third-order valence-corrected chi connectivity index (χ3v) is 3.16. The number of nitriles is 1. The zero-order chi connectivity index (χ0) is 19.7. The van der Waals surface area contributed by atoms with Gasteiger partial charge in [-0.15, -0.1) is 0 Å². The molecular weight excluding hydrogens is 334 g/mol. The normalized spacial score (nSPS) is 11.7. The highest BCUT2D eigenvalue weighted by molar-refractivity contribution is 5.97. The van der Waals surface area contributed by atoms with Crippen LogP contribution in [0.25, 0.3) is 10.9 Å². The second-order valence-electron chi connectivity index (χ2n) is 7.86. The molecule has 1 aromatic heterocycles. The van der Waals surface area contributed by atoms with Crippen molar-refractivity contribution < 1.29 is 19.1 Å². The lowest BCUT2D eigenvalue weighted by molar-refractivity contribution is 0.0543. The lowest BCUT2D eigenvalue weighted by Gasteiger charge is -2.20. The van der Waals surface area contributed by atoms with E-state index in [1.54, 1.807) is 53.7 Å². The molecule has 0 unspecified atom stereocenters. The number of carbonyl (C=O) groups is 2. The summed E-state index contributed by atoms with van der Waals surface area (Å²) in [6.07, 6.45) is 0.332. The molecule has 0 atom stereocenters. The minimum absolute atomic E-state index is 0.330. The first-order valence-corrected chi connectivity index (χ1v) is 8.18. The molecule has 1 heterocycles. The van der Waals surface area contributed by atoms with Crippen molar-refractivity contribution in [2.75, 3.05) is 5.32 Å². The monoisotopic (exact) mass is 357 g/mol. The number of carbonyl (C=O) groups excluding carboxylic acids is 2. The van der Waals surface area contributed by atoms with Gasteiger partial charge in [-0.05, 0) is 59.7 Å². The SMILES string of the molecule is CC(C)(C)OC(=O)Nc1cc(C#N)c2ccn(C(=O)OC(C)(C)C)c2c1. The van der Waals surface area contributed by atoms with E-state index in [4.69, 9.17) is 9.47 Å². The third-order valence-electron chi connectivity index (χ3n) is 3.16. The molecule has 7 nitrogen and oxygen atoms in total. The fourth-order valence-corrected chi connectivity index (χ4v) is 2.30. The van der Waals surface area contributed by atoms with Crippen molar-refractivity contribution in [1.29, 1.82) is 5.26 Å². The summed E-state index contributed by atoms with van der Waals surface area (Å²) in [7, 11) is 0. The number of nitrogens with one attached hydrogen (secondary N) is 1. The molecule has 0 saturated heterocycles. The lowest BCUT2D eigenvalue weighted by atomic mass is 10.1. The molecule has 0 saturated carbocycles. The summed E-state index contributed by atoms with van der Waals surface area (Å²) in [5.41, 5.74) is -0.159. The first kappa shape index (κ1) is 19.3. The van der Waals surface area contributed by atoms with Crippen molar-refractivity contribution in [3.8, 4) is 6.07 Å². The predicted molar refractivity (Wildman–Crippen MR) is 98.1 cm³/mol. The summed E-state index contributed by atoms with van der Waals surface area (Å²) in [5.74, 6) is 0. The Labute approximate surface area is 152 Å². The number of fused-ring (bicyclic) bond motifs is 1. The molecule has 0 bridgehead atoms. The van der Waals surface area contributed by atoms with Gasteiger partial charge in [0.1, 0.15) is 11.2 Å². The van der Waals surface area contributed by atoms with Gasteiger partial charge < -0.3 is 9.47 Å². The number of rotatable bonds is 1. The highest BCUT2D eigenvalue weighted by atomic mass is 16.6. The molecular formula is C19H23N3O4. The Kier molecular flexibility index (Phi) is 4.99. The maximum atomic E-state index is 12.4. The summed E-state index contributed by atoms with van der Waals surface area (Å²) >= 11 is 0. The van der Waals surface area contributed by atoms with Gasteiger partial charge in [-0.1, -0.05) is 0 Å². The van der Waals surface area contributed by atoms with Crippen LogP contribution in [0.2, 0.25) is 0 Å². The number of hydrogen-bond donors (Lipinski definition) is 1. The molecule has 0 fully saturated rings. The van der Waals surface area contributed by atoms with Crippen LogP contribution in [-0.2, 0) is 9.47 Å². The van der Waals surface area contributed by atoms with Crippen LogP contribution in [0, 0.1) is 11.3 Å². The topological polar surface area (TPSA) is 93.4 Å². The van der Waals surface area contributed by atoms with Gasteiger partial charge in [-0.2, -0.15) is 5.26 Å². The third kappa shape index (κ3) is 4.76. The fourth-order valence-electron chi connectivity index (χ4n) is 2.30. The molecule has 138 valence electrons. The van der Waals surface area contributed by atoms with Gasteiger partial charge in [0.05, 0.1) is 17.1 Å². The van der Waals surface area contributed by atoms with Gasteiger partial charge in [0.2, 0.25) is 0 Å². The zero-order valence-electron chi connectivity index (χ0n) is 15.8. The number of anilines is 1. The zero-order valence-corrected chi connectivity index (χ0v) is 15.8. The van der Waals surface area contributed by atoms with Crippen LogP contribution >= 0.6 is 0 Å². The van der Waals surface area contributed by atoms with E-state index in [1.807, 2.05) is 0 Å². The second-order valence-corrected chi connectivity index (χ2v) is 7.86. The first-order valence-electron chi connectivity index (χ1n) is 8.18. The average Bonchev–Trinajstić information content (AvgIpc) is 2.86. The standard InChI is InChI=1S/C19H23N3O4/c1-18(2,3)25-16(23)21-13-9-12(11-20)14-7-8-22(15(14)10-13)17(24)26-19(4,5)6/h7-10H,1-6H3,(H,21,23). The summed E-state index contributed by atoms with van der Waals surface area (Å²) < 4.78 is 11.9. The molecule has 0 radical (unpaired) electrons. The van der Waals surface area contributed by atoms with Crippen molar-refractivity contribution in [2.24, 2.45) is 0 Å². The minimum Gasteiger partial charge on any atom is -0.444 e. The lowest BCUT2D eigenvalue weighted by Crippen LogP contribution is -2.27. The Morgan fingerprint density at radius 1 is 1.08 bits per heavy atom. The van der Waals surface area contributed by atoms with Crippen LogP contribution in [0.15, 0.2) is 24.4 Å². The molecule has 26 heavy (non-hydrogen) atoms. The highest BCUT2D eigenvalue weighted by Gasteiger charge is 2.21. The molecule has 0 aliphatic heterocycles. The Morgan fingerprint density at radius 2 is 1.69 bits per heavy atom. The summed E-state index contributed by atoms with van der Waals surface area (Å²) in [4.78, 5) is 24.4. The van der Waals surface area contributed by atoms with Crippen LogP contribution in [0.4, 0.5) is 15.3 Å². The largest absolute Gasteiger partial charge is 0.444 e. The highest BCUT2D eigenvalue weighted by Crippen LogP contribution is 2.26. The molecule has 7 heteroatoms. The molecule has 1 N–H and O–H groups in total. The van der Waals surface area contributed by atoms with Crippen LogP contribution in [0.1, 0.15) is 47.1 Å². The predicted octanol–water partition coefficient (Wildman–Crippen LogP) is 4.64. The summed E-state index contributed by atoms with van der Waals surface area (Å²) in [5, 5.41) is 12.6. The molecule has 2 rings (SSSR count). The van der Waals surface area contributed by atoms with E-state index in [9.17, 15) is 14.9 Å². The maximum Gasteiger partial charge on any atom is 0.418 e. The van der Waals surface area contributed by atoms with E-state index in [1.165, 1.54) is 16.8 Å². The van der Waals surface area contributed by atoms with Crippen molar-refractivity contribution in [3.63, 3.8) is 0 Å². The van der Waals surface area contributed by atoms with E-state index in [-0.39, 0.29) is 0 Å². The van der Waals surface area contributed by atoms with Gasteiger partial charge in [0.25, 0.3) is 0 Å². The number of amides is 1. The number of ether oxygens (including phenoxy) is 2. The molecule has 1 aromatic carbocycles. The molecule has 1 amide bonds. The van der Waals surface area contributed by atoms with E-state index in [0.29, 0.717) is 22.2 Å². The van der Waals surface area contributed by atoms with E-state index in [0.717, 1.165) is 0 Å². The van der Waals surface area contributed by atoms with Crippen LogP contribution < -0.4 is 5.32 Å². The van der Waals surface area contributed by atoms with E-state index < -0.39 is 23.4 Å². The van der Waals surface area contributed by atoms with Crippen molar-refractivity contribution >= 4 is 28.8 Å². The van der Waals surface area contributed by atoms with Gasteiger partial charge in [-0.25, -0.2) is 9.59 Å².